The zero-order valence-corrected chi connectivity index (χ0v) is 8.54. The molecular formula is C6H6Cl2N4O2. The first-order valence-electron chi connectivity index (χ1n) is 3.55. The Morgan fingerprint density at radius 3 is 2.29 bits per heavy atom. The summed E-state index contributed by atoms with van der Waals surface area (Å²) >= 11 is 11.0. The second kappa shape index (κ2) is 4.39. The Labute approximate surface area is 89.3 Å². The molecule has 0 amide bonds. The first kappa shape index (κ1) is 10.9. The van der Waals surface area contributed by atoms with E-state index in [0.29, 0.717) is 0 Å². The van der Waals surface area contributed by atoms with E-state index in [9.17, 15) is 4.79 Å². The molecule has 14 heavy (non-hydrogen) atoms. The molecule has 0 spiro atoms. The van der Waals surface area contributed by atoms with Gasteiger partial charge in [-0.2, -0.15) is 15.0 Å². The fraction of sp³-hybridized carbons (Fsp3) is 0.333. The average molecular weight is 237 g/mol. The number of nitrogens with zero attached hydrogens (tertiary/aromatic N) is 3. The molecule has 76 valence electrons. The second-order valence-electron chi connectivity index (χ2n) is 2.40. The van der Waals surface area contributed by atoms with Crippen LogP contribution in [0.5, 0.6) is 0 Å². The van der Waals surface area contributed by atoms with Crippen molar-refractivity contribution in [1.82, 2.24) is 15.0 Å². The number of halogens is 2. The molecule has 6 nitrogen and oxygen atoms in total. The predicted octanol–water partition coefficient (Wildman–Crippen LogP) is 1.06. The lowest BCUT2D eigenvalue weighted by Crippen LogP contribution is -2.26. The molecule has 0 bridgehead atoms. The molecule has 2 N–H and O–H groups in total. The summed E-state index contributed by atoms with van der Waals surface area (Å²) in [5.74, 6) is -0.998. The fourth-order valence-electron chi connectivity index (χ4n) is 0.646. The second-order valence-corrected chi connectivity index (χ2v) is 3.08. The molecule has 1 aromatic heterocycles. The largest absolute Gasteiger partial charge is 0.480 e. The van der Waals surface area contributed by atoms with Crippen LogP contribution in [0.25, 0.3) is 0 Å². The summed E-state index contributed by atoms with van der Waals surface area (Å²) < 4.78 is 0. The quantitative estimate of drug-likeness (QED) is 0.817. The van der Waals surface area contributed by atoms with Crippen molar-refractivity contribution in [3.8, 4) is 0 Å². The topological polar surface area (TPSA) is 88.0 Å². The van der Waals surface area contributed by atoms with Gasteiger partial charge in [-0.3, -0.25) is 4.79 Å². The van der Waals surface area contributed by atoms with Gasteiger partial charge in [-0.05, 0) is 30.1 Å². The van der Waals surface area contributed by atoms with Crippen LogP contribution >= 0.6 is 23.2 Å². The molecule has 1 unspecified atom stereocenters. The van der Waals surface area contributed by atoms with Crippen molar-refractivity contribution < 1.29 is 9.90 Å². The molecule has 8 heteroatoms. The summed E-state index contributed by atoms with van der Waals surface area (Å²) in [6.07, 6.45) is 0. The van der Waals surface area contributed by atoms with Crippen molar-refractivity contribution >= 4 is 35.1 Å². The van der Waals surface area contributed by atoms with E-state index in [4.69, 9.17) is 28.3 Å². The molecule has 0 radical (unpaired) electrons. The van der Waals surface area contributed by atoms with Crippen molar-refractivity contribution in [3.05, 3.63) is 10.6 Å². The van der Waals surface area contributed by atoms with Gasteiger partial charge in [0, 0.05) is 0 Å². The van der Waals surface area contributed by atoms with Gasteiger partial charge in [0.1, 0.15) is 6.04 Å². The molecule has 1 rings (SSSR count). The molecule has 1 aromatic rings. The Bertz CT molecular complexity index is 339. The number of carbonyl (C=O) groups is 1. The summed E-state index contributed by atoms with van der Waals surface area (Å²) in [5.41, 5.74) is 0. The first-order chi connectivity index (χ1) is 6.49. The van der Waals surface area contributed by atoms with Gasteiger partial charge < -0.3 is 10.4 Å². The predicted molar refractivity (Wildman–Crippen MR) is 50.6 cm³/mol. The summed E-state index contributed by atoms with van der Waals surface area (Å²) in [7, 11) is 0. The van der Waals surface area contributed by atoms with E-state index in [1.165, 1.54) is 6.92 Å². The molecule has 0 saturated heterocycles. The Balaban J connectivity index is 2.81. The maximum absolute atomic E-state index is 10.5. The molecule has 1 atom stereocenters. The Morgan fingerprint density at radius 2 is 1.86 bits per heavy atom. The number of rotatable bonds is 3. The van der Waals surface area contributed by atoms with E-state index >= 15 is 0 Å². The summed E-state index contributed by atoms with van der Waals surface area (Å²) in [6.45, 7) is 1.44. The highest BCUT2D eigenvalue weighted by molar-refractivity contribution is 6.31. The molecule has 0 fully saturated rings. The van der Waals surface area contributed by atoms with E-state index < -0.39 is 12.0 Å². The smallest absolute Gasteiger partial charge is 0.325 e. The lowest BCUT2D eigenvalue weighted by molar-refractivity contribution is -0.137. The van der Waals surface area contributed by atoms with Crippen LogP contribution in [0.1, 0.15) is 6.92 Å². The minimum atomic E-state index is -1.03. The van der Waals surface area contributed by atoms with Gasteiger partial charge in [-0.25, -0.2) is 0 Å². The van der Waals surface area contributed by atoms with Crippen molar-refractivity contribution in [3.63, 3.8) is 0 Å². The van der Waals surface area contributed by atoms with Crippen LogP contribution in [0.15, 0.2) is 0 Å². The highest BCUT2D eigenvalue weighted by Gasteiger charge is 2.12. The molecule has 0 saturated carbocycles. The molecule has 0 aliphatic carbocycles. The summed E-state index contributed by atoms with van der Waals surface area (Å²) in [6, 6.07) is -0.829. The third kappa shape index (κ3) is 2.97. The number of carboxylic acid groups (broad SMARTS) is 1. The monoisotopic (exact) mass is 236 g/mol. The van der Waals surface area contributed by atoms with Crippen molar-refractivity contribution in [2.45, 2.75) is 13.0 Å². The van der Waals surface area contributed by atoms with E-state index in [-0.39, 0.29) is 16.5 Å². The lowest BCUT2D eigenvalue weighted by Gasteiger charge is -2.08. The SMILES string of the molecule is CC(Nc1nc(Cl)nc(Cl)n1)C(=O)O. The fourth-order valence-corrected chi connectivity index (χ4v) is 1.01. The molecule has 0 aliphatic heterocycles. The minimum absolute atomic E-state index is 0.0323. The lowest BCUT2D eigenvalue weighted by atomic mass is 10.3. The third-order valence-electron chi connectivity index (χ3n) is 1.30. The van der Waals surface area contributed by atoms with Crippen LogP contribution < -0.4 is 5.32 Å². The van der Waals surface area contributed by atoms with Gasteiger partial charge in [0.15, 0.2) is 0 Å². The maximum atomic E-state index is 10.5. The van der Waals surface area contributed by atoms with Crippen molar-refractivity contribution in [2.24, 2.45) is 0 Å². The third-order valence-corrected chi connectivity index (χ3v) is 1.63. The Hall–Kier alpha value is -1.14. The average Bonchev–Trinajstić information content (AvgIpc) is 2.01. The highest BCUT2D eigenvalue weighted by Crippen LogP contribution is 2.10. The van der Waals surface area contributed by atoms with Crippen LogP contribution in [0.4, 0.5) is 5.95 Å². The minimum Gasteiger partial charge on any atom is -0.480 e. The van der Waals surface area contributed by atoms with Crippen LogP contribution in [0.3, 0.4) is 0 Å². The van der Waals surface area contributed by atoms with E-state index in [1.54, 1.807) is 0 Å². The number of carboxylic acids is 1. The van der Waals surface area contributed by atoms with Crippen LogP contribution in [0.2, 0.25) is 10.6 Å². The van der Waals surface area contributed by atoms with Gasteiger partial charge in [0.2, 0.25) is 16.5 Å². The van der Waals surface area contributed by atoms with E-state index in [1.807, 2.05) is 0 Å². The van der Waals surface area contributed by atoms with E-state index in [0.717, 1.165) is 0 Å². The summed E-state index contributed by atoms with van der Waals surface area (Å²) in [4.78, 5) is 21.3. The number of nitrogens with one attached hydrogen (secondary N) is 1. The van der Waals surface area contributed by atoms with Gasteiger partial charge in [0.25, 0.3) is 0 Å². The molecule has 0 aromatic carbocycles. The normalized spacial score (nSPS) is 12.2. The number of aromatic nitrogens is 3. The molecular weight excluding hydrogens is 231 g/mol. The van der Waals surface area contributed by atoms with Crippen molar-refractivity contribution in [2.75, 3.05) is 5.32 Å². The molecule has 1 heterocycles. The Morgan fingerprint density at radius 1 is 1.36 bits per heavy atom. The van der Waals surface area contributed by atoms with Crippen LogP contribution in [0, 0.1) is 0 Å². The van der Waals surface area contributed by atoms with Crippen LogP contribution in [-0.4, -0.2) is 32.1 Å². The van der Waals surface area contributed by atoms with Gasteiger partial charge in [0.05, 0.1) is 0 Å². The number of aliphatic carboxylic acids is 1. The van der Waals surface area contributed by atoms with Crippen molar-refractivity contribution in [1.29, 1.82) is 0 Å². The summed E-state index contributed by atoms with van der Waals surface area (Å²) in [5, 5.41) is 10.9. The van der Waals surface area contributed by atoms with E-state index in [2.05, 4.69) is 20.3 Å². The standard InChI is InChI=1S/C6H6Cl2N4O2/c1-2(3(13)14)9-6-11-4(7)10-5(8)12-6/h2H,1H3,(H,13,14)(H,9,10,11,12). The zero-order valence-electron chi connectivity index (χ0n) is 7.03. The Kier molecular flexibility index (Phi) is 3.43. The molecule has 0 aliphatic rings. The van der Waals surface area contributed by atoms with Gasteiger partial charge in [-0.1, -0.05) is 0 Å². The first-order valence-corrected chi connectivity index (χ1v) is 4.31. The zero-order chi connectivity index (χ0) is 10.7. The highest BCUT2D eigenvalue weighted by atomic mass is 35.5. The number of hydrogen-bond acceptors (Lipinski definition) is 5. The maximum Gasteiger partial charge on any atom is 0.325 e. The number of hydrogen-bond donors (Lipinski definition) is 2. The van der Waals surface area contributed by atoms with Gasteiger partial charge in [-0.15, -0.1) is 0 Å². The van der Waals surface area contributed by atoms with Gasteiger partial charge >= 0.3 is 5.97 Å². The van der Waals surface area contributed by atoms with Crippen LogP contribution in [-0.2, 0) is 4.79 Å². The number of anilines is 1.